The molecule has 1 rings (SSSR count). The Bertz CT molecular complexity index is 371. The lowest BCUT2D eigenvalue weighted by atomic mass is 10.0. The highest BCUT2D eigenvalue weighted by Gasteiger charge is 2.17. The number of hydrogen-bond acceptors (Lipinski definition) is 2. The van der Waals surface area contributed by atoms with Gasteiger partial charge in [-0.3, -0.25) is 0 Å². The highest BCUT2D eigenvalue weighted by molar-refractivity contribution is 5.31. The quantitative estimate of drug-likeness (QED) is 0.847. The monoisotopic (exact) mass is 235 g/mol. The highest BCUT2D eigenvalue weighted by Crippen LogP contribution is 2.19. The molecule has 0 saturated carbocycles. The molecular weight excluding hydrogens is 210 g/mol. The van der Waals surface area contributed by atoms with Crippen LogP contribution in [0.3, 0.4) is 0 Å². The van der Waals surface area contributed by atoms with Crippen molar-refractivity contribution in [1.29, 1.82) is 0 Å². The summed E-state index contributed by atoms with van der Waals surface area (Å²) in [7, 11) is 0. The second-order valence-electron chi connectivity index (χ2n) is 5.37. The molecule has 17 heavy (non-hydrogen) atoms. The lowest BCUT2D eigenvalue weighted by Crippen LogP contribution is -2.28. The van der Waals surface area contributed by atoms with E-state index in [9.17, 15) is 0 Å². The standard InChI is InChI=1S/C15H25NO/c1-6-15(4,5)17-10-14(16)13-8-7-11(2)12(3)9-13/h7-9,14H,6,10,16H2,1-5H3. The molecule has 1 atom stereocenters. The Labute approximate surface area is 105 Å². The molecule has 0 saturated heterocycles. The fourth-order valence-electron chi connectivity index (χ4n) is 1.51. The van der Waals surface area contributed by atoms with E-state index in [2.05, 4.69) is 52.8 Å². The van der Waals surface area contributed by atoms with Crippen LogP contribution in [-0.4, -0.2) is 12.2 Å². The molecule has 0 heterocycles. The molecule has 2 heteroatoms. The third-order valence-corrected chi connectivity index (χ3v) is 3.46. The molecule has 96 valence electrons. The number of rotatable bonds is 5. The Morgan fingerprint density at radius 3 is 2.41 bits per heavy atom. The number of nitrogens with two attached hydrogens (primary N) is 1. The summed E-state index contributed by atoms with van der Waals surface area (Å²) in [6, 6.07) is 6.33. The summed E-state index contributed by atoms with van der Waals surface area (Å²) < 4.78 is 5.84. The predicted octanol–water partition coefficient (Wildman–Crippen LogP) is 3.51. The zero-order valence-corrected chi connectivity index (χ0v) is 11.7. The molecule has 1 unspecified atom stereocenters. The van der Waals surface area contributed by atoms with Gasteiger partial charge in [-0.1, -0.05) is 25.1 Å². The van der Waals surface area contributed by atoms with Gasteiger partial charge < -0.3 is 10.5 Å². The van der Waals surface area contributed by atoms with Crippen LogP contribution in [0.5, 0.6) is 0 Å². The van der Waals surface area contributed by atoms with Crippen LogP contribution in [-0.2, 0) is 4.74 Å². The second kappa shape index (κ2) is 5.65. The van der Waals surface area contributed by atoms with E-state index in [1.165, 1.54) is 11.1 Å². The van der Waals surface area contributed by atoms with E-state index in [1.807, 2.05) is 0 Å². The van der Waals surface area contributed by atoms with E-state index in [4.69, 9.17) is 10.5 Å². The first kappa shape index (κ1) is 14.2. The zero-order chi connectivity index (χ0) is 13.1. The van der Waals surface area contributed by atoms with Crippen molar-refractivity contribution >= 4 is 0 Å². The summed E-state index contributed by atoms with van der Waals surface area (Å²) in [5.74, 6) is 0. The van der Waals surface area contributed by atoms with Gasteiger partial charge in [-0.15, -0.1) is 0 Å². The van der Waals surface area contributed by atoms with Crippen molar-refractivity contribution in [2.24, 2.45) is 5.73 Å². The largest absolute Gasteiger partial charge is 0.374 e. The topological polar surface area (TPSA) is 35.2 Å². The van der Waals surface area contributed by atoms with Gasteiger partial charge in [-0.2, -0.15) is 0 Å². The number of hydrogen-bond donors (Lipinski definition) is 1. The molecule has 1 aromatic carbocycles. The number of benzene rings is 1. The highest BCUT2D eigenvalue weighted by atomic mass is 16.5. The minimum atomic E-state index is -0.0860. The van der Waals surface area contributed by atoms with Crippen LogP contribution in [0.15, 0.2) is 18.2 Å². The summed E-state index contributed by atoms with van der Waals surface area (Å²) >= 11 is 0. The van der Waals surface area contributed by atoms with Crippen LogP contribution in [0.25, 0.3) is 0 Å². The van der Waals surface area contributed by atoms with Crippen LogP contribution >= 0.6 is 0 Å². The van der Waals surface area contributed by atoms with Crippen molar-refractivity contribution in [3.8, 4) is 0 Å². The number of ether oxygens (including phenoxy) is 1. The Morgan fingerprint density at radius 1 is 1.24 bits per heavy atom. The van der Waals surface area contributed by atoms with Gasteiger partial charge in [0.15, 0.2) is 0 Å². The molecule has 0 aromatic heterocycles. The van der Waals surface area contributed by atoms with Crippen LogP contribution < -0.4 is 5.73 Å². The van der Waals surface area contributed by atoms with Gasteiger partial charge in [0.25, 0.3) is 0 Å². The lowest BCUT2D eigenvalue weighted by Gasteiger charge is -2.26. The molecule has 1 aromatic rings. The molecule has 2 N–H and O–H groups in total. The first-order valence-corrected chi connectivity index (χ1v) is 6.32. The second-order valence-corrected chi connectivity index (χ2v) is 5.37. The van der Waals surface area contributed by atoms with E-state index in [0.717, 1.165) is 12.0 Å². The molecular formula is C15H25NO. The molecule has 0 aliphatic carbocycles. The van der Waals surface area contributed by atoms with Gasteiger partial charge in [0.1, 0.15) is 0 Å². The molecule has 0 radical (unpaired) electrons. The maximum absolute atomic E-state index is 6.15. The first-order chi connectivity index (χ1) is 7.85. The van der Waals surface area contributed by atoms with Gasteiger partial charge in [0.2, 0.25) is 0 Å². The third-order valence-electron chi connectivity index (χ3n) is 3.46. The Hall–Kier alpha value is -0.860. The van der Waals surface area contributed by atoms with E-state index in [1.54, 1.807) is 0 Å². The summed E-state index contributed by atoms with van der Waals surface area (Å²) in [5.41, 5.74) is 9.80. The van der Waals surface area contributed by atoms with Gasteiger partial charge in [-0.25, -0.2) is 0 Å². The van der Waals surface area contributed by atoms with Gasteiger partial charge in [-0.05, 0) is 50.8 Å². The SMILES string of the molecule is CCC(C)(C)OCC(N)c1ccc(C)c(C)c1. The Morgan fingerprint density at radius 2 is 1.88 bits per heavy atom. The summed E-state index contributed by atoms with van der Waals surface area (Å²) in [5, 5.41) is 0. The first-order valence-electron chi connectivity index (χ1n) is 6.32. The lowest BCUT2D eigenvalue weighted by molar-refractivity contribution is -0.0267. The van der Waals surface area contributed by atoms with Gasteiger partial charge >= 0.3 is 0 Å². The molecule has 0 bridgehead atoms. The van der Waals surface area contributed by atoms with Crippen molar-refractivity contribution in [2.75, 3.05) is 6.61 Å². The summed E-state index contributed by atoms with van der Waals surface area (Å²) in [4.78, 5) is 0. The van der Waals surface area contributed by atoms with Crippen molar-refractivity contribution in [1.82, 2.24) is 0 Å². The van der Waals surface area contributed by atoms with Crippen molar-refractivity contribution in [3.63, 3.8) is 0 Å². The van der Waals surface area contributed by atoms with Gasteiger partial charge in [0.05, 0.1) is 18.2 Å². The molecule has 0 amide bonds. The zero-order valence-electron chi connectivity index (χ0n) is 11.7. The Kier molecular flexibility index (Phi) is 4.72. The maximum atomic E-state index is 6.15. The van der Waals surface area contributed by atoms with Crippen LogP contribution in [0.1, 0.15) is 49.9 Å². The van der Waals surface area contributed by atoms with Crippen LogP contribution in [0.2, 0.25) is 0 Å². The van der Waals surface area contributed by atoms with E-state index in [0.29, 0.717) is 6.61 Å². The average molecular weight is 235 g/mol. The number of aryl methyl sites for hydroxylation is 2. The summed E-state index contributed by atoms with van der Waals surface area (Å²) in [6.07, 6.45) is 0.993. The fraction of sp³-hybridized carbons (Fsp3) is 0.600. The van der Waals surface area contributed by atoms with Crippen LogP contribution in [0, 0.1) is 13.8 Å². The molecule has 0 fully saturated rings. The predicted molar refractivity (Wildman–Crippen MR) is 73.2 cm³/mol. The molecule has 0 aliphatic rings. The average Bonchev–Trinajstić information content (AvgIpc) is 2.30. The third kappa shape index (κ3) is 4.14. The van der Waals surface area contributed by atoms with Crippen LogP contribution in [0.4, 0.5) is 0 Å². The summed E-state index contributed by atoms with van der Waals surface area (Å²) in [6.45, 7) is 11.1. The minimum Gasteiger partial charge on any atom is -0.374 e. The van der Waals surface area contributed by atoms with E-state index >= 15 is 0 Å². The van der Waals surface area contributed by atoms with Gasteiger partial charge in [0, 0.05) is 0 Å². The molecule has 0 aliphatic heterocycles. The Balaban J connectivity index is 2.64. The molecule has 2 nitrogen and oxygen atoms in total. The minimum absolute atomic E-state index is 0.0416. The van der Waals surface area contributed by atoms with Crippen molar-refractivity contribution in [3.05, 3.63) is 34.9 Å². The van der Waals surface area contributed by atoms with E-state index in [-0.39, 0.29) is 11.6 Å². The van der Waals surface area contributed by atoms with Crippen molar-refractivity contribution < 1.29 is 4.74 Å². The van der Waals surface area contributed by atoms with Crippen molar-refractivity contribution in [2.45, 2.75) is 52.7 Å². The maximum Gasteiger partial charge on any atom is 0.0666 e. The molecule has 0 spiro atoms. The smallest absolute Gasteiger partial charge is 0.0666 e. The fourth-order valence-corrected chi connectivity index (χ4v) is 1.51. The van der Waals surface area contributed by atoms with E-state index < -0.39 is 0 Å². The normalized spacial score (nSPS) is 13.8.